The van der Waals surface area contributed by atoms with Crippen LogP contribution in [0.3, 0.4) is 0 Å². The van der Waals surface area contributed by atoms with Crippen LogP contribution in [0.5, 0.6) is 0 Å². The Balaban J connectivity index is 1.54. The minimum Gasteiger partial charge on any atom is -0.356 e. The number of pyridine rings is 1. The summed E-state index contributed by atoms with van der Waals surface area (Å²) < 4.78 is 1.96. The van der Waals surface area contributed by atoms with Gasteiger partial charge in [-0.25, -0.2) is 14.6 Å². The lowest BCUT2D eigenvalue weighted by Gasteiger charge is -2.32. The summed E-state index contributed by atoms with van der Waals surface area (Å²) >= 11 is 0. The third-order valence-electron chi connectivity index (χ3n) is 4.38. The van der Waals surface area contributed by atoms with E-state index >= 15 is 0 Å². The van der Waals surface area contributed by atoms with E-state index in [-0.39, 0.29) is 0 Å². The second-order valence-corrected chi connectivity index (χ2v) is 6.03. The highest BCUT2D eigenvalue weighted by atomic mass is 15.4. The van der Waals surface area contributed by atoms with E-state index in [0.717, 1.165) is 48.8 Å². The van der Waals surface area contributed by atoms with Crippen molar-refractivity contribution in [3.8, 4) is 11.4 Å². The highest BCUT2D eigenvalue weighted by Gasteiger charge is 2.22. The zero-order valence-electron chi connectivity index (χ0n) is 13.6. The van der Waals surface area contributed by atoms with Gasteiger partial charge in [-0.05, 0) is 31.9 Å². The Bertz CT molecular complexity index is 793. The fourth-order valence-corrected chi connectivity index (χ4v) is 3.12. The maximum atomic E-state index is 4.77. The van der Waals surface area contributed by atoms with Crippen LogP contribution in [0.25, 0.3) is 11.4 Å². The normalized spacial score (nSPS) is 15.6. The van der Waals surface area contributed by atoms with Gasteiger partial charge < -0.3 is 4.90 Å². The third kappa shape index (κ3) is 2.97. The number of nitrogens with zero attached hydrogens (tertiary/aromatic N) is 7. The fourth-order valence-electron chi connectivity index (χ4n) is 3.12. The minimum absolute atomic E-state index is 0.423. The molecule has 1 fully saturated rings. The fraction of sp³-hybridized carbons (Fsp3) is 0.353. The molecule has 0 bridgehead atoms. The van der Waals surface area contributed by atoms with E-state index in [9.17, 15) is 0 Å². The van der Waals surface area contributed by atoms with Gasteiger partial charge in [-0.2, -0.15) is 0 Å². The summed E-state index contributed by atoms with van der Waals surface area (Å²) in [5, 5.41) is 8.03. The Morgan fingerprint density at radius 3 is 2.54 bits per heavy atom. The quantitative estimate of drug-likeness (QED) is 0.737. The van der Waals surface area contributed by atoms with Gasteiger partial charge in [-0.1, -0.05) is 5.21 Å². The molecule has 7 heteroatoms. The van der Waals surface area contributed by atoms with E-state index in [2.05, 4.69) is 31.2 Å². The smallest absolute Gasteiger partial charge is 0.161 e. The summed E-state index contributed by atoms with van der Waals surface area (Å²) in [5.41, 5.74) is 1.97. The summed E-state index contributed by atoms with van der Waals surface area (Å²) in [6.07, 6.45) is 9.29. The number of aryl methyl sites for hydroxylation is 1. The van der Waals surface area contributed by atoms with Gasteiger partial charge in [0.15, 0.2) is 5.82 Å². The van der Waals surface area contributed by atoms with Crippen LogP contribution in [-0.2, 0) is 0 Å². The average Bonchev–Trinajstić information content (AvgIpc) is 3.17. The van der Waals surface area contributed by atoms with Crippen LogP contribution in [-0.4, -0.2) is 43.0 Å². The zero-order chi connectivity index (χ0) is 16.4. The number of anilines is 1. The second-order valence-electron chi connectivity index (χ2n) is 6.03. The van der Waals surface area contributed by atoms with Gasteiger partial charge in [0.25, 0.3) is 0 Å². The van der Waals surface area contributed by atoms with Crippen LogP contribution in [0.15, 0.2) is 43.0 Å². The molecular formula is C17H19N7. The maximum absolute atomic E-state index is 4.77. The molecule has 0 aliphatic carbocycles. The van der Waals surface area contributed by atoms with Crippen LogP contribution in [0.1, 0.15) is 24.6 Å². The number of hydrogen-bond acceptors (Lipinski definition) is 6. The van der Waals surface area contributed by atoms with E-state index in [1.54, 1.807) is 18.6 Å². The molecule has 1 saturated heterocycles. The van der Waals surface area contributed by atoms with Crippen LogP contribution < -0.4 is 4.90 Å². The van der Waals surface area contributed by atoms with E-state index < -0.39 is 0 Å². The predicted octanol–water partition coefficient (Wildman–Crippen LogP) is 2.28. The average molecular weight is 321 g/mol. The van der Waals surface area contributed by atoms with Gasteiger partial charge in [0.1, 0.15) is 5.82 Å². The highest BCUT2D eigenvalue weighted by Crippen LogP contribution is 2.26. The molecule has 7 nitrogen and oxygen atoms in total. The van der Waals surface area contributed by atoms with Gasteiger partial charge >= 0.3 is 0 Å². The van der Waals surface area contributed by atoms with Crippen molar-refractivity contribution in [2.45, 2.75) is 25.8 Å². The van der Waals surface area contributed by atoms with Crippen LogP contribution in [0.4, 0.5) is 5.82 Å². The molecule has 0 amide bonds. The van der Waals surface area contributed by atoms with E-state index in [4.69, 9.17) is 4.98 Å². The van der Waals surface area contributed by atoms with Crippen molar-refractivity contribution < 1.29 is 0 Å². The van der Waals surface area contributed by atoms with Gasteiger partial charge in [0.05, 0.1) is 12.2 Å². The van der Waals surface area contributed by atoms with Crippen molar-refractivity contribution in [1.29, 1.82) is 0 Å². The Labute approximate surface area is 140 Å². The topological polar surface area (TPSA) is 72.6 Å². The molecule has 0 saturated carbocycles. The molecule has 0 spiro atoms. The summed E-state index contributed by atoms with van der Waals surface area (Å²) in [6.45, 7) is 3.92. The number of aromatic nitrogens is 6. The molecule has 3 aromatic heterocycles. The highest BCUT2D eigenvalue weighted by molar-refractivity contribution is 5.57. The first-order valence-electron chi connectivity index (χ1n) is 8.16. The maximum Gasteiger partial charge on any atom is 0.161 e. The van der Waals surface area contributed by atoms with Gasteiger partial charge in [-0.15, -0.1) is 5.10 Å². The number of rotatable bonds is 3. The van der Waals surface area contributed by atoms with E-state index in [1.165, 1.54) is 0 Å². The molecule has 0 unspecified atom stereocenters. The Morgan fingerprint density at radius 2 is 1.83 bits per heavy atom. The van der Waals surface area contributed by atoms with Gasteiger partial charge in [-0.3, -0.25) is 4.98 Å². The molecule has 0 radical (unpaired) electrons. The zero-order valence-corrected chi connectivity index (χ0v) is 13.6. The first kappa shape index (κ1) is 14.7. The summed E-state index contributed by atoms with van der Waals surface area (Å²) in [4.78, 5) is 15.7. The van der Waals surface area contributed by atoms with Crippen molar-refractivity contribution in [3.63, 3.8) is 0 Å². The van der Waals surface area contributed by atoms with Crippen molar-refractivity contribution in [3.05, 3.63) is 48.7 Å². The molecule has 1 aliphatic rings. The standard InChI is InChI=1S/C17H19N7/c1-13-12-16(21-17(20-13)14-2-6-18-7-3-14)23-9-4-15(5-10-23)24-11-8-19-22-24/h2-3,6-8,11-12,15H,4-5,9-10H2,1H3. The van der Waals surface area contributed by atoms with Crippen LogP contribution >= 0.6 is 0 Å². The monoisotopic (exact) mass is 321 g/mol. The van der Waals surface area contributed by atoms with Crippen molar-refractivity contribution in [1.82, 2.24) is 29.9 Å². The summed E-state index contributed by atoms with van der Waals surface area (Å²) in [7, 11) is 0. The third-order valence-corrected chi connectivity index (χ3v) is 4.38. The molecule has 0 N–H and O–H groups in total. The predicted molar refractivity (Wildman–Crippen MR) is 90.5 cm³/mol. The van der Waals surface area contributed by atoms with Crippen LogP contribution in [0, 0.1) is 6.92 Å². The second kappa shape index (κ2) is 6.35. The van der Waals surface area contributed by atoms with E-state index in [1.807, 2.05) is 29.9 Å². The Hall–Kier alpha value is -2.83. The number of hydrogen-bond donors (Lipinski definition) is 0. The molecule has 3 aromatic rings. The van der Waals surface area contributed by atoms with Crippen LogP contribution in [0.2, 0.25) is 0 Å². The lowest BCUT2D eigenvalue weighted by molar-refractivity contribution is 0.359. The Morgan fingerprint density at radius 1 is 1.04 bits per heavy atom. The molecule has 4 rings (SSSR count). The largest absolute Gasteiger partial charge is 0.356 e. The summed E-state index contributed by atoms with van der Waals surface area (Å²) in [6, 6.07) is 6.36. The van der Waals surface area contributed by atoms with Crippen molar-refractivity contribution in [2.24, 2.45) is 0 Å². The van der Waals surface area contributed by atoms with Gasteiger partial charge in [0.2, 0.25) is 0 Å². The van der Waals surface area contributed by atoms with Gasteiger partial charge in [0, 0.05) is 49.0 Å². The first-order chi connectivity index (χ1) is 11.8. The molecule has 122 valence electrons. The SMILES string of the molecule is Cc1cc(N2CCC(n3ccnn3)CC2)nc(-c2ccncc2)n1. The first-order valence-corrected chi connectivity index (χ1v) is 8.16. The lowest BCUT2D eigenvalue weighted by Crippen LogP contribution is -2.35. The number of piperidine rings is 1. The molecule has 4 heterocycles. The lowest BCUT2D eigenvalue weighted by atomic mass is 10.1. The molecule has 0 atom stereocenters. The van der Waals surface area contributed by atoms with Crippen molar-refractivity contribution >= 4 is 5.82 Å². The molecule has 1 aliphatic heterocycles. The molecule has 0 aromatic carbocycles. The van der Waals surface area contributed by atoms with E-state index in [0.29, 0.717) is 6.04 Å². The summed E-state index contributed by atoms with van der Waals surface area (Å²) in [5.74, 6) is 1.75. The minimum atomic E-state index is 0.423. The molecule has 24 heavy (non-hydrogen) atoms. The van der Waals surface area contributed by atoms with Crippen molar-refractivity contribution in [2.75, 3.05) is 18.0 Å². The Kier molecular flexibility index (Phi) is 3.90. The molecular weight excluding hydrogens is 302 g/mol.